The van der Waals surface area contributed by atoms with Gasteiger partial charge in [0, 0.05) is 12.1 Å². The minimum Gasteiger partial charge on any atom is -0.390 e. The van der Waals surface area contributed by atoms with Crippen LogP contribution in [0.25, 0.3) is 0 Å². The first-order chi connectivity index (χ1) is 13.6. The van der Waals surface area contributed by atoms with Gasteiger partial charge in [0.2, 0.25) is 0 Å². The third-order valence-corrected chi connectivity index (χ3v) is 4.85. The molecule has 0 radical (unpaired) electrons. The molecule has 0 fully saturated rings. The van der Waals surface area contributed by atoms with Gasteiger partial charge in [-0.2, -0.15) is 0 Å². The lowest BCUT2D eigenvalue weighted by Gasteiger charge is -2.25. The Morgan fingerprint density at radius 1 is 0.964 bits per heavy atom. The second-order valence-electron chi connectivity index (χ2n) is 7.80. The van der Waals surface area contributed by atoms with Crippen LogP contribution in [0.1, 0.15) is 49.0 Å². The van der Waals surface area contributed by atoms with Gasteiger partial charge in [-0.05, 0) is 43.0 Å². The molecule has 1 amide bonds. The molecule has 0 aromatic heterocycles. The number of aliphatic hydroxyl groups is 1. The fourth-order valence-corrected chi connectivity index (χ4v) is 3.19. The van der Waals surface area contributed by atoms with E-state index in [2.05, 4.69) is 24.5 Å². The van der Waals surface area contributed by atoms with Gasteiger partial charge in [0.1, 0.15) is 0 Å². The van der Waals surface area contributed by atoms with Crippen LogP contribution in [-0.4, -0.2) is 36.2 Å². The minimum atomic E-state index is -0.655. The van der Waals surface area contributed by atoms with E-state index in [0.29, 0.717) is 18.5 Å². The second-order valence-corrected chi connectivity index (χ2v) is 7.80. The molecule has 2 rings (SSSR count). The van der Waals surface area contributed by atoms with Crippen LogP contribution in [0.4, 0.5) is 0 Å². The first-order valence-corrected chi connectivity index (χ1v) is 10.3. The van der Waals surface area contributed by atoms with Crippen LogP contribution in [-0.2, 0) is 6.42 Å². The molecule has 0 saturated carbocycles. The molecule has 0 heterocycles. The summed E-state index contributed by atoms with van der Waals surface area (Å²) in [6.45, 7) is 5.82. The normalized spacial score (nSPS) is 13.3. The molecule has 0 saturated heterocycles. The van der Waals surface area contributed by atoms with Crippen molar-refractivity contribution in [2.45, 2.75) is 51.7 Å². The summed E-state index contributed by atoms with van der Waals surface area (Å²) in [5.74, 6) is 0.576. The molecule has 4 nitrogen and oxygen atoms in total. The first-order valence-electron chi connectivity index (χ1n) is 10.3. The van der Waals surface area contributed by atoms with Gasteiger partial charge in [-0.3, -0.25) is 4.79 Å². The van der Waals surface area contributed by atoms with Crippen molar-refractivity contribution in [2.24, 2.45) is 5.92 Å². The van der Waals surface area contributed by atoms with Crippen molar-refractivity contribution in [1.29, 1.82) is 0 Å². The Hall–Kier alpha value is -2.17. The average Bonchev–Trinajstić information content (AvgIpc) is 2.71. The standard InChI is InChI=1S/C24H34N2O2/c1-19(2)11-9-10-16-25-18-23(27)22(17-20-12-5-3-6-13-20)26-24(28)21-14-7-4-8-15-21/h3-8,12-15,19,22-23,25,27H,9-11,16-18H2,1-2H3,(H,26,28)/t22-,23+/m0/s1. The van der Waals surface area contributed by atoms with E-state index >= 15 is 0 Å². The van der Waals surface area contributed by atoms with Crippen molar-refractivity contribution < 1.29 is 9.90 Å². The van der Waals surface area contributed by atoms with Crippen molar-refractivity contribution >= 4 is 5.91 Å². The van der Waals surface area contributed by atoms with Crippen LogP contribution in [0.2, 0.25) is 0 Å². The van der Waals surface area contributed by atoms with E-state index in [4.69, 9.17) is 0 Å². The van der Waals surface area contributed by atoms with Gasteiger partial charge in [0.25, 0.3) is 5.91 Å². The largest absolute Gasteiger partial charge is 0.390 e. The van der Waals surface area contributed by atoms with E-state index < -0.39 is 6.10 Å². The Morgan fingerprint density at radius 3 is 2.25 bits per heavy atom. The lowest BCUT2D eigenvalue weighted by molar-refractivity contribution is 0.0830. The van der Waals surface area contributed by atoms with Gasteiger partial charge >= 0.3 is 0 Å². The van der Waals surface area contributed by atoms with E-state index in [9.17, 15) is 9.90 Å². The monoisotopic (exact) mass is 382 g/mol. The topological polar surface area (TPSA) is 61.4 Å². The predicted molar refractivity (Wildman–Crippen MR) is 115 cm³/mol. The fourth-order valence-electron chi connectivity index (χ4n) is 3.19. The van der Waals surface area contributed by atoms with E-state index in [-0.39, 0.29) is 11.9 Å². The molecule has 4 heteroatoms. The quantitative estimate of drug-likeness (QED) is 0.489. The van der Waals surface area contributed by atoms with Crippen LogP contribution in [0.15, 0.2) is 60.7 Å². The number of unbranched alkanes of at least 4 members (excludes halogenated alkanes) is 1. The van der Waals surface area contributed by atoms with E-state index in [1.807, 2.05) is 48.5 Å². The Kier molecular flexibility index (Phi) is 9.73. The van der Waals surface area contributed by atoms with Crippen molar-refractivity contribution in [3.8, 4) is 0 Å². The van der Waals surface area contributed by atoms with Gasteiger partial charge in [-0.15, -0.1) is 0 Å². The molecule has 2 aromatic rings. The summed E-state index contributed by atoms with van der Waals surface area (Å²) in [6.07, 6.45) is 3.46. The maximum Gasteiger partial charge on any atom is 0.251 e. The lowest BCUT2D eigenvalue weighted by Crippen LogP contribution is -2.48. The number of hydrogen-bond donors (Lipinski definition) is 3. The van der Waals surface area contributed by atoms with E-state index in [1.54, 1.807) is 12.1 Å². The Labute approximate surface area is 169 Å². The highest BCUT2D eigenvalue weighted by atomic mass is 16.3. The molecular formula is C24H34N2O2. The first kappa shape index (κ1) is 22.1. The molecule has 2 atom stereocenters. The third kappa shape index (κ3) is 8.24. The number of aliphatic hydroxyl groups excluding tert-OH is 1. The maximum absolute atomic E-state index is 12.6. The molecule has 3 N–H and O–H groups in total. The number of hydrogen-bond acceptors (Lipinski definition) is 3. The van der Waals surface area contributed by atoms with Crippen molar-refractivity contribution in [3.63, 3.8) is 0 Å². The summed E-state index contributed by atoms with van der Waals surface area (Å²) in [5, 5.41) is 17.1. The Bertz CT molecular complexity index is 674. The summed E-state index contributed by atoms with van der Waals surface area (Å²) in [4.78, 5) is 12.6. The molecule has 28 heavy (non-hydrogen) atoms. The zero-order chi connectivity index (χ0) is 20.2. The number of rotatable bonds is 12. The average molecular weight is 383 g/mol. The molecule has 0 aliphatic heterocycles. The summed E-state index contributed by atoms with van der Waals surface area (Å²) in [7, 11) is 0. The Balaban J connectivity index is 1.90. The van der Waals surface area contributed by atoms with Gasteiger partial charge in [-0.1, -0.05) is 75.2 Å². The summed E-state index contributed by atoms with van der Waals surface area (Å²) in [5.41, 5.74) is 1.70. The van der Waals surface area contributed by atoms with Gasteiger partial charge in [0.05, 0.1) is 12.1 Å². The maximum atomic E-state index is 12.6. The van der Waals surface area contributed by atoms with Gasteiger partial charge in [0.15, 0.2) is 0 Å². The zero-order valence-electron chi connectivity index (χ0n) is 17.1. The molecule has 2 aromatic carbocycles. The number of benzene rings is 2. The van der Waals surface area contributed by atoms with Crippen LogP contribution >= 0.6 is 0 Å². The Morgan fingerprint density at radius 2 is 1.61 bits per heavy atom. The van der Waals surface area contributed by atoms with Crippen LogP contribution in [0, 0.1) is 5.92 Å². The van der Waals surface area contributed by atoms with E-state index in [1.165, 1.54) is 12.8 Å². The SMILES string of the molecule is CC(C)CCCCNC[C@@H](O)[C@H](Cc1ccccc1)NC(=O)c1ccccc1. The van der Waals surface area contributed by atoms with Crippen LogP contribution < -0.4 is 10.6 Å². The van der Waals surface area contributed by atoms with Crippen LogP contribution in [0.3, 0.4) is 0 Å². The lowest BCUT2D eigenvalue weighted by atomic mass is 10.0. The molecule has 152 valence electrons. The molecule has 0 aliphatic rings. The number of nitrogens with one attached hydrogen (secondary N) is 2. The molecule has 0 aliphatic carbocycles. The minimum absolute atomic E-state index is 0.155. The number of amides is 1. The molecular weight excluding hydrogens is 348 g/mol. The predicted octanol–water partition coefficient (Wildman–Crippen LogP) is 3.80. The van der Waals surface area contributed by atoms with Gasteiger partial charge in [-0.25, -0.2) is 0 Å². The van der Waals surface area contributed by atoms with E-state index in [0.717, 1.165) is 24.4 Å². The highest BCUT2D eigenvalue weighted by Crippen LogP contribution is 2.09. The van der Waals surface area contributed by atoms with Crippen LogP contribution in [0.5, 0.6) is 0 Å². The summed E-state index contributed by atoms with van der Waals surface area (Å²) >= 11 is 0. The zero-order valence-corrected chi connectivity index (χ0v) is 17.1. The molecule has 0 spiro atoms. The van der Waals surface area contributed by atoms with Crippen molar-refractivity contribution in [3.05, 3.63) is 71.8 Å². The smallest absolute Gasteiger partial charge is 0.251 e. The number of carbonyl (C=O) groups is 1. The summed E-state index contributed by atoms with van der Waals surface area (Å²) < 4.78 is 0. The molecule has 0 bridgehead atoms. The van der Waals surface area contributed by atoms with Crippen molar-refractivity contribution in [1.82, 2.24) is 10.6 Å². The van der Waals surface area contributed by atoms with Gasteiger partial charge < -0.3 is 15.7 Å². The fraction of sp³-hybridized carbons (Fsp3) is 0.458. The number of carbonyl (C=O) groups excluding carboxylic acids is 1. The third-order valence-electron chi connectivity index (χ3n) is 4.85. The molecule has 0 unspecified atom stereocenters. The summed E-state index contributed by atoms with van der Waals surface area (Å²) in [6, 6.07) is 18.8. The van der Waals surface area contributed by atoms with Crippen molar-refractivity contribution in [2.75, 3.05) is 13.1 Å². The second kappa shape index (κ2) is 12.3. The highest BCUT2D eigenvalue weighted by molar-refractivity contribution is 5.94. The highest BCUT2D eigenvalue weighted by Gasteiger charge is 2.22.